The van der Waals surface area contributed by atoms with Crippen LogP contribution in [0.25, 0.3) is 0 Å². The van der Waals surface area contributed by atoms with E-state index in [0.29, 0.717) is 22.8 Å². The van der Waals surface area contributed by atoms with E-state index < -0.39 is 17.8 Å². The lowest BCUT2D eigenvalue weighted by Gasteiger charge is -2.28. The monoisotopic (exact) mass is 288 g/mol. The molecule has 0 saturated heterocycles. The Bertz CT molecular complexity index is 738. The van der Waals surface area contributed by atoms with Crippen LogP contribution in [0.15, 0.2) is 41.9 Å². The van der Waals surface area contributed by atoms with Gasteiger partial charge in [0.25, 0.3) is 0 Å². The first-order valence-corrected chi connectivity index (χ1v) is 6.33. The largest absolute Gasteiger partial charge is 0.466 e. The summed E-state index contributed by atoms with van der Waals surface area (Å²) in [6.07, 6.45) is 1.35. The fraction of sp³-hybridized carbons (Fsp3) is 0.214. The first-order chi connectivity index (χ1) is 10.1. The van der Waals surface area contributed by atoms with Crippen LogP contribution in [0.3, 0.4) is 0 Å². The number of methoxy groups -OCH3 is 1. The number of nitrogens with zero attached hydrogens (tertiary/aromatic N) is 3. The van der Waals surface area contributed by atoms with Crippen molar-refractivity contribution in [3.05, 3.63) is 53.2 Å². The Morgan fingerprint density at radius 3 is 2.90 bits per heavy atom. The van der Waals surface area contributed by atoms with Crippen LogP contribution >= 0.6 is 0 Å². The fourth-order valence-corrected chi connectivity index (χ4v) is 2.45. The summed E-state index contributed by atoms with van der Waals surface area (Å²) in [4.78, 5) is 16.2. The number of ether oxygens (including phenoxy) is 1. The molecule has 0 amide bonds. The summed E-state index contributed by atoms with van der Waals surface area (Å²) in [5, 5.41) is 7.06. The molecule has 0 aliphatic carbocycles. The zero-order valence-electron chi connectivity index (χ0n) is 11.5. The molecule has 0 radical (unpaired) electrons. The van der Waals surface area contributed by atoms with Gasteiger partial charge < -0.3 is 10.1 Å². The summed E-state index contributed by atoms with van der Waals surface area (Å²) in [7, 11) is 1.29. The van der Waals surface area contributed by atoms with Crippen molar-refractivity contribution in [3.8, 4) is 0 Å². The molecule has 2 aromatic rings. The van der Waals surface area contributed by atoms with E-state index in [-0.39, 0.29) is 0 Å². The van der Waals surface area contributed by atoms with Crippen LogP contribution in [0.1, 0.15) is 18.5 Å². The average Bonchev–Trinajstić information content (AvgIpc) is 2.93. The molecule has 0 saturated carbocycles. The summed E-state index contributed by atoms with van der Waals surface area (Å²) >= 11 is 0. The Morgan fingerprint density at radius 1 is 1.43 bits per heavy atom. The Balaban J connectivity index is 2.23. The molecule has 21 heavy (non-hydrogen) atoms. The second-order valence-corrected chi connectivity index (χ2v) is 4.61. The summed E-state index contributed by atoms with van der Waals surface area (Å²) in [6.45, 7) is 1.72. The predicted octanol–water partition coefficient (Wildman–Crippen LogP) is 1.88. The molecule has 2 heterocycles. The van der Waals surface area contributed by atoms with Gasteiger partial charge in [-0.05, 0) is 13.0 Å². The van der Waals surface area contributed by atoms with E-state index in [9.17, 15) is 9.18 Å². The molecule has 108 valence electrons. The van der Waals surface area contributed by atoms with Gasteiger partial charge in [0.15, 0.2) is 0 Å². The first-order valence-electron chi connectivity index (χ1n) is 6.33. The van der Waals surface area contributed by atoms with E-state index in [1.54, 1.807) is 25.1 Å². The normalized spacial score (nSPS) is 17.2. The maximum Gasteiger partial charge on any atom is 0.338 e. The number of anilines is 1. The van der Waals surface area contributed by atoms with Gasteiger partial charge in [0.1, 0.15) is 18.2 Å². The van der Waals surface area contributed by atoms with Crippen molar-refractivity contribution in [1.29, 1.82) is 0 Å². The Labute approximate surface area is 120 Å². The number of rotatable bonds is 2. The summed E-state index contributed by atoms with van der Waals surface area (Å²) < 4.78 is 20.5. The number of carbonyl (C=O) groups is 1. The average molecular weight is 288 g/mol. The van der Waals surface area contributed by atoms with E-state index in [1.807, 2.05) is 0 Å². The van der Waals surface area contributed by atoms with Crippen molar-refractivity contribution >= 4 is 11.9 Å². The highest BCUT2D eigenvalue weighted by atomic mass is 19.1. The number of hydrogen-bond acceptors (Lipinski definition) is 5. The van der Waals surface area contributed by atoms with Crippen LogP contribution in [0.5, 0.6) is 0 Å². The van der Waals surface area contributed by atoms with Crippen LogP contribution in [0.2, 0.25) is 0 Å². The van der Waals surface area contributed by atoms with Crippen molar-refractivity contribution in [1.82, 2.24) is 14.8 Å². The highest BCUT2D eigenvalue weighted by Gasteiger charge is 2.35. The lowest BCUT2D eigenvalue weighted by atomic mass is 9.95. The SMILES string of the molecule is COC(=O)C1=C(C)Nc2ncnn2[C@H]1c1ccccc1F. The third-order valence-electron chi connectivity index (χ3n) is 3.40. The Hall–Kier alpha value is -2.70. The number of aromatic nitrogens is 3. The standard InChI is InChI=1S/C14H13FN4O2/c1-8-11(13(20)21-2)12(9-5-3-4-6-10(9)15)19-14(18-8)16-7-17-19/h3-7,12H,1-2H3,(H,16,17,18)/t12-/m0/s1. The number of allylic oxidation sites excluding steroid dienone is 1. The third kappa shape index (κ3) is 2.06. The topological polar surface area (TPSA) is 69.0 Å². The number of halogens is 1. The van der Waals surface area contributed by atoms with Gasteiger partial charge in [-0.15, -0.1) is 0 Å². The quantitative estimate of drug-likeness (QED) is 0.854. The van der Waals surface area contributed by atoms with Crippen LogP contribution in [0.4, 0.5) is 10.3 Å². The lowest BCUT2D eigenvalue weighted by Crippen LogP contribution is -2.29. The van der Waals surface area contributed by atoms with E-state index in [4.69, 9.17) is 4.74 Å². The number of esters is 1. The van der Waals surface area contributed by atoms with Gasteiger partial charge in [-0.25, -0.2) is 13.9 Å². The first kappa shape index (κ1) is 13.3. The molecule has 0 unspecified atom stereocenters. The number of carbonyl (C=O) groups excluding carboxylic acids is 1. The van der Waals surface area contributed by atoms with Gasteiger partial charge in [-0.2, -0.15) is 10.1 Å². The molecule has 1 N–H and O–H groups in total. The van der Waals surface area contributed by atoms with Crippen molar-refractivity contribution in [2.24, 2.45) is 0 Å². The second-order valence-electron chi connectivity index (χ2n) is 4.61. The van der Waals surface area contributed by atoms with Gasteiger partial charge in [-0.1, -0.05) is 18.2 Å². The van der Waals surface area contributed by atoms with Crippen LogP contribution in [0, 0.1) is 5.82 Å². The van der Waals surface area contributed by atoms with Gasteiger partial charge >= 0.3 is 5.97 Å². The molecule has 1 aliphatic heterocycles. The van der Waals surface area contributed by atoms with Gasteiger partial charge in [0.2, 0.25) is 5.95 Å². The Kier molecular flexibility index (Phi) is 3.17. The van der Waals surface area contributed by atoms with E-state index in [2.05, 4.69) is 15.4 Å². The van der Waals surface area contributed by atoms with E-state index in [1.165, 1.54) is 24.2 Å². The lowest BCUT2D eigenvalue weighted by molar-refractivity contribution is -0.136. The summed E-state index contributed by atoms with van der Waals surface area (Å²) in [5.41, 5.74) is 1.21. The molecule has 0 spiro atoms. The molecule has 0 bridgehead atoms. The van der Waals surface area contributed by atoms with Crippen LogP contribution in [-0.4, -0.2) is 27.8 Å². The highest BCUT2D eigenvalue weighted by Crippen LogP contribution is 2.35. The molecule has 1 aliphatic rings. The fourth-order valence-electron chi connectivity index (χ4n) is 2.45. The maximum atomic E-state index is 14.2. The zero-order valence-corrected chi connectivity index (χ0v) is 11.5. The van der Waals surface area contributed by atoms with Crippen LogP contribution in [-0.2, 0) is 9.53 Å². The number of fused-ring (bicyclic) bond motifs is 1. The predicted molar refractivity (Wildman–Crippen MR) is 72.9 cm³/mol. The molecule has 1 aromatic carbocycles. The van der Waals surface area contributed by atoms with Crippen molar-refractivity contribution in [2.75, 3.05) is 12.4 Å². The smallest absolute Gasteiger partial charge is 0.338 e. The van der Waals surface area contributed by atoms with Gasteiger partial charge in [-0.3, -0.25) is 0 Å². The van der Waals surface area contributed by atoms with Gasteiger partial charge in [0.05, 0.1) is 12.7 Å². The van der Waals surface area contributed by atoms with Crippen molar-refractivity contribution in [2.45, 2.75) is 13.0 Å². The van der Waals surface area contributed by atoms with Crippen LogP contribution < -0.4 is 5.32 Å². The van der Waals surface area contributed by atoms with E-state index in [0.717, 1.165) is 0 Å². The maximum absolute atomic E-state index is 14.2. The van der Waals surface area contributed by atoms with Gasteiger partial charge in [0, 0.05) is 11.3 Å². The minimum atomic E-state index is -0.711. The minimum Gasteiger partial charge on any atom is -0.466 e. The Morgan fingerprint density at radius 2 is 2.19 bits per heavy atom. The molecule has 1 aromatic heterocycles. The molecule has 7 heteroatoms. The molecular formula is C14H13FN4O2. The van der Waals surface area contributed by atoms with E-state index >= 15 is 0 Å². The second kappa shape index (κ2) is 5.01. The molecule has 3 rings (SSSR count). The summed E-state index contributed by atoms with van der Waals surface area (Å²) in [5.74, 6) is -0.497. The minimum absolute atomic E-state index is 0.306. The number of benzene rings is 1. The van der Waals surface area contributed by atoms with Crippen molar-refractivity contribution < 1.29 is 13.9 Å². The molecular weight excluding hydrogens is 275 g/mol. The molecule has 0 fully saturated rings. The number of hydrogen-bond donors (Lipinski definition) is 1. The summed E-state index contributed by atoms with van der Waals surface area (Å²) in [6, 6.07) is 5.56. The zero-order chi connectivity index (χ0) is 15.0. The third-order valence-corrected chi connectivity index (χ3v) is 3.40. The number of nitrogens with one attached hydrogen (secondary N) is 1. The molecule has 6 nitrogen and oxygen atoms in total. The van der Waals surface area contributed by atoms with Crippen molar-refractivity contribution in [3.63, 3.8) is 0 Å². The molecule has 1 atom stereocenters. The highest BCUT2D eigenvalue weighted by molar-refractivity contribution is 5.92.